The van der Waals surface area contributed by atoms with Crippen molar-refractivity contribution in [1.29, 1.82) is 0 Å². The lowest BCUT2D eigenvalue weighted by atomic mass is 10.2. The van der Waals surface area contributed by atoms with Gasteiger partial charge >= 0.3 is 0 Å². The number of thiophene rings is 1. The van der Waals surface area contributed by atoms with Gasteiger partial charge in [0, 0.05) is 25.7 Å². The van der Waals surface area contributed by atoms with Crippen LogP contribution in [-0.4, -0.2) is 36.5 Å². The molecular formula is C10H14Cl2N2OS. The van der Waals surface area contributed by atoms with Crippen molar-refractivity contribution in [3.05, 3.63) is 21.3 Å². The minimum Gasteiger partial charge on any atom is -0.335 e. The highest BCUT2D eigenvalue weighted by molar-refractivity contribution is 7.17. The topological polar surface area (TPSA) is 32.3 Å². The van der Waals surface area contributed by atoms with Crippen molar-refractivity contribution in [3.8, 4) is 0 Å². The van der Waals surface area contributed by atoms with E-state index in [1.807, 2.05) is 4.90 Å². The summed E-state index contributed by atoms with van der Waals surface area (Å²) >= 11 is 7.15. The van der Waals surface area contributed by atoms with Gasteiger partial charge in [0.05, 0.1) is 9.21 Å². The Balaban J connectivity index is 0.00000128. The fraction of sp³-hybridized carbons (Fsp3) is 0.500. The quantitative estimate of drug-likeness (QED) is 0.856. The number of hydrogen-bond donors (Lipinski definition) is 1. The van der Waals surface area contributed by atoms with Crippen molar-refractivity contribution in [2.45, 2.75) is 13.0 Å². The Kier molecular flexibility index (Phi) is 5.05. The number of nitrogens with zero attached hydrogens (tertiary/aromatic N) is 1. The van der Waals surface area contributed by atoms with Gasteiger partial charge in [-0.05, 0) is 19.1 Å². The average molecular weight is 281 g/mol. The highest BCUT2D eigenvalue weighted by atomic mass is 35.5. The molecule has 0 aliphatic carbocycles. The largest absolute Gasteiger partial charge is 0.335 e. The van der Waals surface area contributed by atoms with Crippen LogP contribution in [0.2, 0.25) is 4.34 Å². The van der Waals surface area contributed by atoms with E-state index in [2.05, 4.69) is 12.2 Å². The van der Waals surface area contributed by atoms with Crippen LogP contribution in [0.15, 0.2) is 12.1 Å². The molecule has 1 aliphatic rings. The summed E-state index contributed by atoms with van der Waals surface area (Å²) < 4.78 is 0.668. The van der Waals surface area contributed by atoms with Gasteiger partial charge in [-0.15, -0.1) is 23.7 Å². The molecule has 1 aromatic heterocycles. The Morgan fingerprint density at radius 3 is 2.94 bits per heavy atom. The van der Waals surface area contributed by atoms with Crippen molar-refractivity contribution in [2.24, 2.45) is 0 Å². The van der Waals surface area contributed by atoms with Gasteiger partial charge in [-0.25, -0.2) is 0 Å². The van der Waals surface area contributed by atoms with Crippen molar-refractivity contribution < 1.29 is 4.79 Å². The third-order valence-corrected chi connectivity index (χ3v) is 3.66. The Bertz CT molecular complexity index is 369. The van der Waals surface area contributed by atoms with Crippen LogP contribution in [0.5, 0.6) is 0 Å². The summed E-state index contributed by atoms with van der Waals surface area (Å²) in [6, 6.07) is 3.94. The maximum atomic E-state index is 12.0. The highest BCUT2D eigenvalue weighted by Gasteiger charge is 2.22. The van der Waals surface area contributed by atoms with E-state index in [-0.39, 0.29) is 18.3 Å². The fourth-order valence-corrected chi connectivity index (χ4v) is 2.71. The van der Waals surface area contributed by atoms with E-state index in [1.54, 1.807) is 12.1 Å². The van der Waals surface area contributed by atoms with Crippen LogP contribution in [0.1, 0.15) is 16.6 Å². The molecule has 6 heteroatoms. The number of nitrogens with one attached hydrogen (secondary N) is 1. The molecule has 0 saturated carbocycles. The van der Waals surface area contributed by atoms with Crippen LogP contribution in [0.4, 0.5) is 0 Å². The van der Waals surface area contributed by atoms with E-state index in [0.717, 1.165) is 24.5 Å². The molecule has 0 radical (unpaired) electrons. The van der Waals surface area contributed by atoms with E-state index in [9.17, 15) is 4.79 Å². The summed E-state index contributed by atoms with van der Waals surface area (Å²) in [6.07, 6.45) is 0. The maximum absolute atomic E-state index is 12.0. The highest BCUT2D eigenvalue weighted by Crippen LogP contribution is 2.23. The SMILES string of the molecule is CC1CN(C(=O)c2ccc(Cl)s2)CCN1.Cl. The first kappa shape index (κ1) is 13.8. The molecule has 1 amide bonds. The van der Waals surface area contributed by atoms with E-state index < -0.39 is 0 Å². The van der Waals surface area contributed by atoms with Crippen LogP contribution in [0, 0.1) is 0 Å². The summed E-state index contributed by atoms with van der Waals surface area (Å²) in [4.78, 5) is 14.6. The predicted molar refractivity (Wildman–Crippen MR) is 69.9 cm³/mol. The van der Waals surface area contributed by atoms with Crippen LogP contribution in [-0.2, 0) is 0 Å². The molecule has 1 unspecified atom stereocenters. The van der Waals surface area contributed by atoms with E-state index in [4.69, 9.17) is 11.6 Å². The third-order valence-electron chi connectivity index (χ3n) is 2.44. The second kappa shape index (κ2) is 5.87. The fourth-order valence-electron chi connectivity index (χ4n) is 1.70. The molecule has 2 rings (SSSR count). The zero-order valence-corrected chi connectivity index (χ0v) is 11.3. The number of halogens is 2. The van der Waals surface area contributed by atoms with Gasteiger partial charge in [0.25, 0.3) is 5.91 Å². The third kappa shape index (κ3) is 3.10. The first-order valence-electron chi connectivity index (χ1n) is 4.95. The molecular weight excluding hydrogens is 267 g/mol. The molecule has 1 atom stereocenters. The summed E-state index contributed by atoms with van der Waals surface area (Å²) in [5.74, 6) is 0.0975. The van der Waals surface area contributed by atoms with E-state index in [1.165, 1.54) is 11.3 Å². The molecule has 1 N–H and O–H groups in total. The lowest BCUT2D eigenvalue weighted by molar-refractivity contribution is 0.0714. The van der Waals surface area contributed by atoms with Gasteiger partial charge in [0.15, 0.2) is 0 Å². The minimum atomic E-state index is 0. The predicted octanol–water partition coefficient (Wildman–Crippen LogP) is 2.26. The normalized spacial score (nSPS) is 20.4. The van der Waals surface area contributed by atoms with Crippen molar-refractivity contribution in [2.75, 3.05) is 19.6 Å². The average Bonchev–Trinajstić information content (AvgIpc) is 2.64. The summed E-state index contributed by atoms with van der Waals surface area (Å²) in [5.41, 5.74) is 0. The van der Waals surface area contributed by atoms with Crippen molar-refractivity contribution in [1.82, 2.24) is 10.2 Å². The monoisotopic (exact) mass is 280 g/mol. The van der Waals surface area contributed by atoms with Gasteiger partial charge in [0.1, 0.15) is 0 Å². The number of hydrogen-bond acceptors (Lipinski definition) is 3. The Labute approximate surface area is 110 Å². The van der Waals surface area contributed by atoms with Gasteiger partial charge in [-0.1, -0.05) is 11.6 Å². The zero-order valence-electron chi connectivity index (χ0n) is 8.90. The minimum absolute atomic E-state index is 0. The van der Waals surface area contributed by atoms with E-state index in [0.29, 0.717) is 10.4 Å². The standard InChI is InChI=1S/C10H13ClN2OS.ClH/c1-7-6-13(5-4-12-7)10(14)8-2-3-9(11)15-8;/h2-3,7,12H,4-6H2,1H3;1H. The molecule has 2 heterocycles. The molecule has 0 bridgehead atoms. The van der Waals surface area contributed by atoms with Crippen LogP contribution in [0.25, 0.3) is 0 Å². The lowest BCUT2D eigenvalue weighted by Gasteiger charge is -2.31. The first-order valence-corrected chi connectivity index (χ1v) is 6.14. The smallest absolute Gasteiger partial charge is 0.264 e. The molecule has 1 aliphatic heterocycles. The van der Waals surface area contributed by atoms with Crippen LogP contribution >= 0.6 is 35.3 Å². The van der Waals surface area contributed by atoms with Gasteiger partial charge in [-0.2, -0.15) is 0 Å². The number of carbonyl (C=O) groups is 1. The number of amides is 1. The molecule has 0 aromatic carbocycles. The molecule has 1 aromatic rings. The van der Waals surface area contributed by atoms with Crippen LogP contribution in [0.3, 0.4) is 0 Å². The molecule has 3 nitrogen and oxygen atoms in total. The Morgan fingerprint density at radius 2 is 2.38 bits per heavy atom. The number of piperazine rings is 1. The Hall–Kier alpha value is -0.290. The van der Waals surface area contributed by atoms with Gasteiger partial charge in [-0.3, -0.25) is 4.79 Å². The van der Waals surface area contributed by atoms with Gasteiger partial charge in [0.2, 0.25) is 0 Å². The van der Waals surface area contributed by atoms with Gasteiger partial charge < -0.3 is 10.2 Å². The van der Waals surface area contributed by atoms with E-state index >= 15 is 0 Å². The molecule has 90 valence electrons. The second-order valence-corrected chi connectivity index (χ2v) is 5.43. The number of carbonyl (C=O) groups excluding carboxylic acids is 1. The van der Waals surface area contributed by atoms with Crippen molar-refractivity contribution >= 4 is 41.3 Å². The summed E-state index contributed by atoms with van der Waals surface area (Å²) in [7, 11) is 0. The molecule has 1 fully saturated rings. The lowest BCUT2D eigenvalue weighted by Crippen LogP contribution is -2.51. The van der Waals surface area contributed by atoms with Crippen molar-refractivity contribution in [3.63, 3.8) is 0 Å². The first-order chi connectivity index (χ1) is 7.16. The Morgan fingerprint density at radius 1 is 1.62 bits per heavy atom. The molecule has 0 spiro atoms. The molecule has 1 saturated heterocycles. The second-order valence-electron chi connectivity index (χ2n) is 3.71. The summed E-state index contributed by atoms with van der Waals surface area (Å²) in [5, 5.41) is 3.31. The van der Waals surface area contributed by atoms with Crippen LogP contribution < -0.4 is 5.32 Å². The maximum Gasteiger partial charge on any atom is 0.264 e. The molecule has 16 heavy (non-hydrogen) atoms. The number of rotatable bonds is 1. The summed E-state index contributed by atoms with van der Waals surface area (Å²) in [6.45, 7) is 4.50. The zero-order chi connectivity index (χ0) is 10.8.